The van der Waals surface area contributed by atoms with Gasteiger partial charge in [-0.15, -0.1) is 22.7 Å². The molecule has 1 aliphatic rings. The van der Waals surface area contributed by atoms with Crippen molar-refractivity contribution in [2.45, 2.75) is 32.2 Å². The highest BCUT2D eigenvalue weighted by Gasteiger charge is 2.25. The molecule has 0 bridgehead atoms. The first-order valence-corrected chi connectivity index (χ1v) is 10.0. The lowest BCUT2D eigenvalue weighted by Crippen LogP contribution is -2.29. The predicted molar refractivity (Wildman–Crippen MR) is 102 cm³/mol. The number of hydrogen-bond acceptors (Lipinski definition) is 7. The highest BCUT2D eigenvalue weighted by Crippen LogP contribution is 2.37. The Balaban J connectivity index is 1.55. The third-order valence-corrected chi connectivity index (χ3v) is 6.37. The van der Waals surface area contributed by atoms with E-state index in [-0.39, 0.29) is 6.54 Å². The van der Waals surface area contributed by atoms with E-state index in [0.29, 0.717) is 15.6 Å². The molecule has 0 saturated heterocycles. The van der Waals surface area contributed by atoms with Crippen molar-refractivity contribution in [3.8, 4) is 5.00 Å². The fourth-order valence-electron chi connectivity index (χ4n) is 3.12. The van der Waals surface area contributed by atoms with Crippen LogP contribution in [0.2, 0.25) is 0 Å². The Morgan fingerprint density at radius 1 is 1.26 bits per heavy atom. The standard InChI is InChI=1S/C16H16N6O3S2/c17-14(24)13-9-4-1-2-5-10(9)27-15(13)18-11(23)8-21-16(25)22(20-19-21)12-6-3-7-26-12/h3,6-7H,1-2,4-5,8H2,(H2,17,24)(H,18,23). The van der Waals surface area contributed by atoms with Gasteiger partial charge in [0.05, 0.1) is 5.56 Å². The quantitative estimate of drug-likeness (QED) is 0.660. The van der Waals surface area contributed by atoms with E-state index in [1.807, 2.05) is 5.38 Å². The van der Waals surface area contributed by atoms with Crippen LogP contribution in [0.15, 0.2) is 22.3 Å². The highest BCUT2D eigenvalue weighted by atomic mass is 32.1. The van der Waals surface area contributed by atoms with Crippen LogP contribution >= 0.6 is 22.7 Å². The second-order valence-electron chi connectivity index (χ2n) is 6.11. The van der Waals surface area contributed by atoms with Gasteiger partial charge in [0.25, 0.3) is 5.91 Å². The minimum atomic E-state index is -0.550. The van der Waals surface area contributed by atoms with E-state index < -0.39 is 17.5 Å². The number of tetrazole rings is 1. The maximum absolute atomic E-state index is 12.4. The van der Waals surface area contributed by atoms with Crippen LogP contribution in [-0.2, 0) is 24.2 Å². The number of hydrogen-bond donors (Lipinski definition) is 2. The van der Waals surface area contributed by atoms with Crippen molar-refractivity contribution in [3.05, 3.63) is 44.0 Å². The topological polar surface area (TPSA) is 125 Å². The Labute approximate surface area is 161 Å². The maximum Gasteiger partial charge on any atom is 0.369 e. The zero-order valence-corrected chi connectivity index (χ0v) is 15.8. The van der Waals surface area contributed by atoms with E-state index in [0.717, 1.165) is 45.5 Å². The minimum absolute atomic E-state index is 0.301. The number of rotatable bonds is 5. The molecule has 3 aromatic rings. The largest absolute Gasteiger partial charge is 0.369 e. The van der Waals surface area contributed by atoms with Gasteiger partial charge in [0.15, 0.2) is 0 Å². The Bertz CT molecular complexity index is 1060. The SMILES string of the molecule is NC(=O)c1c(NC(=O)Cn2nnn(-c3cccs3)c2=O)sc2c1CCCC2. The smallest absolute Gasteiger partial charge is 0.365 e. The van der Waals surface area contributed by atoms with Gasteiger partial charge in [0, 0.05) is 4.88 Å². The fraction of sp³-hybridized carbons (Fsp3) is 0.312. The lowest BCUT2D eigenvalue weighted by Gasteiger charge is -2.11. The highest BCUT2D eigenvalue weighted by molar-refractivity contribution is 7.17. The van der Waals surface area contributed by atoms with E-state index >= 15 is 0 Å². The summed E-state index contributed by atoms with van der Waals surface area (Å²) in [5.41, 5.74) is 6.35. The van der Waals surface area contributed by atoms with Gasteiger partial charge in [-0.05, 0) is 59.2 Å². The molecule has 0 radical (unpaired) electrons. The number of carbonyl (C=O) groups is 2. The number of nitrogens with one attached hydrogen (secondary N) is 1. The number of aromatic nitrogens is 4. The summed E-state index contributed by atoms with van der Waals surface area (Å²) < 4.78 is 2.11. The summed E-state index contributed by atoms with van der Waals surface area (Å²) in [6.45, 7) is -0.301. The molecule has 2 amide bonds. The average Bonchev–Trinajstić information content (AvgIpc) is 3.34. The molecule has 3 heterocycles. The van der Waals surface area contributed by atoms with Crippen molar-refractivity contribution in [2.24, 2.45) is 5.73 Å². The molecule has 1 aliphatic carbocycles. The molecule has 0 saturated carbocycles. The van der Waals surface area contributed by atoms with E-state index in [9.17, 15) is 14.4 Å². The molecule has 3 aromatic heterocycles. The molecule has 0 unspecified atom stereocenters. The number of amides is 2. The summed E-state index contributed by atoms with van der Waals surface area (Å²) in [7, 11) is 0. The Morgan fingerprint density at radius 2 is 2.07 bits per heavy atom. The molecule has 3 N–H and O–H groups in total. The van der Waals surface area contributed by atoms with Gasteiger partial charge in [-0.25, -0.2) is 4.79 Å². The van der Waals surface area contributed by atoms with Crippen LogP contribution in [-0.4, -0.2) is 31.6 Å². The molecule has 0 atom stereocenters. The van der Waals surface area contributed by atoms with Crippen molar-refractivity contribution in [1.82, 2.24) is 19.8 Å². The van der Waals surface area contributed by atoms with E-state index in [2.05, 4.69) is 15.7 Å². The maximum atomic E-state index is 12.4. The van der Waals surface area contributed by atoms with Crippen molar-refractivity contribution < 1.29 is 9.59 Å². The zero-order chi connectivity index (χ0) is 19.0. The third kappa shape index (κ3) is 3.30. The minimum Gasteiger partial charge on any atom is -0.365 e. The molecule has 0 aromatic carbocycles. The number of thiophene rings is 2. The van der Waals surface area contributed by atoms with Crippen LogP contribution in [0.1, 0.15) is 33.6 Å². The lowest BCUT2D eigenvalue weighted by molar-refractivity contribution is -0.117. The second kappa shape index (κ2) is 7.08. The molecule has 11 heteroatoms. The van der Waals surface area contributed by atoms with E-state index in [1.54, 1.807) is 12.1 Å². The molecule has 27 heavy (non-hydrogen) atoms. The summed E-state index contributed by atoms with van der Waals surface area (Å²) in [6, 6.07) is 3.53. The first-order chi connectivity index (χ1) is 13.0. The molecule has 0 spiro atoms. The van der Waals surface area contributed by atoms with Crippen LogP contribution in [0.3, 0.4) is 0 Å². The Kier molecular flexibility index (Phi) is 4.62. The third-order valence-electron chi connectivity index (χ3n) is 4.32. The van der Waals surface area contributed by atoms with Gasteiger partial charge in [0.2, 0.25) is 5.91 Å². The second-order valence-corrected chi connectivity index (χ2v) is 8.14. The Hall–Kier alpha value is -2.79. The molecule has 140 valence electrons. The van der Waals surface area contributed by atoms with Crippen LogP contribution < -0.4 is 16.7 Å². The van der Waals surface area contributed by atoms with Crippen LogP contribution in [0.25, 0.3) is 5.00 Å². The number of anilines is 1. The first kappa shape index (κ1) is 17.6. The molecular weight excluding hydrogens is 388 g/mol. The number of primary amides is 1. The number of carbonyl (C=O) groups excluding carboxylic acids is 2. The van der Waals surface area contributed by atoms with E-state index in [1.165, 1.54) is 22.7 Å². The van der Waals surface area contributed by atoms with Gasteiger partial charge in [-0.2, -0.15) is 9.36 Å². The predicted octanol–water partition coefficient (Wildman–Crippen LogP) is 1.17. The normalized spacial score (nSPS) is 13.3. The van der Waals surface area contributed by atoms with Crippen LogP contribution in [0, 0.1) is 0 Å². The van der Waals surface area contributed by atoms with Crippen molar-refractivity contribution >= 4 is 39.5 Å². The van der Waals surface area contributed by atoms with Gasteiger partial charge in [-0.1, -0.05) is 0 Å². The molecule has 4 rings (SSSR count). The lowest BCUT2D eigenvalue weighted by atomic mass is 9.95. The average molecular weight is 404 g/mol. The van der Waals surface area contributed by atoms with Gasteiger partial charge >= 0.3 is 5.69 Å². The van der Waals surface area contributed by atoms with Crippen molar-refractivity contribution in [2.75, 3.05) is 5.32 Å². The van der Waals surface area contributed by atoms with Gasteiger partial charge in [0.1, 0.15) is 16.5 Å². The monoisotopic (exact) mass is 404 g/mol. The number of nitrogens with zero attached hydrogens (tertiary/aromatic N) is 4. The van der Waals surface area contributed by atoms with Gasteiger partial charge in [-0.3, -0.25) is 9.59 Å². The Morgan fingerprint density at radius 3 is 2.81 bits per heavy atom. The summed E-state index contributed by atoms with van der Waals surface area (Å²) in [5, 5.41) is 13.1. The first-order valence-electron chi connectivity index (χ1n) is 8.35. The summed E-state index contributed by atoms with van der Waals surface area (Å²) >= 11 is 2.72. The van der Waals surface area contributed by atoms with Crippen molar-refractivity contribution in [3.63, 3.8) is 0 Å². The van der Waals surface area contributed by atoms with Gasteiger partial charge < -0.3 is 11.1 Å². The summed E-state index contributed by atoms with van der Waals surface area (Å²) in [4.78, 5) is 37.7. The fourth-order valence-corrected chi connectivity index (χ4v) is 5.10. The molecule has 0 aliphatic heterocycles. The zero-order valence-electron chi connectivity index (χ0n) is 14.2. The summed E-state index contributed by atoms with van der Waals surface area (Å²) in [6.07, 6.45) is 3.72. The molecule has 9 nitrogen and oxygen atoms in total. The molecule has 0 fully saturated rings. The van der Waals surface area contributed by atoms with Crippen LogP contribution in [0.4, 0.5) is 5.00 Å². The molecular formula is C16H16N6O3S2. The number of aryl methyl sites for hydroxylation is 1. The summed E-state index contributed by atoms with van der Waals surface area (Å²) in [5.74, 6) is -1.01. The van der Waals surface area contributed by atoms with Crippen molar-refractivity contribution in [1.29, 1.82) is 0 Å². The number of nitrogens with two attached hydrogens (primary N) is 1. The van der Waals surface area contributed by atoms with E-state index in [4.69, 9.17) is 5.73 Å². The van der Waals surface area contributed by atoms with Crippen LogP contribution in [0.5, 0.6) is 0 Å². The number of fused-ring (bicyclic) bond motifs is 1.